The van der Waals surface area contributed by atoms with Gasteiger partial charge < -0.3 is 10.2 Å². The lowest BCUT2D eigenvalue weighted by molar-refractivity contribution is -0.384. The average molecular weight is 290 g/mol. The average Bonchev–Trinajstić information content (AvgIpc) is 2.39. The lowest BCUT2D eigenvalue weighted by Gasteiger charge is -2.47. The van der Waals surface area contributed by atoms with Gasteiger partial charge in [0.25, 0.3) is 0 Å². The monoisotopic (exact) mass is 290 g/mol. The highest BCUT2D eigenvalue weighted by molar-refractivity contribution is 5.56. The maximum absolute atomic E-state index is 11.1. The van der Waals surface area contributed by atoms with Gasteiger partial charge in [-0.2, -0.15) is 0 Å². The number of aromatic nitrogens is 1. The number of hydrogen-bond acceptors (Lipinski definition) is 5. The SMILES string of the molecule is Cc1ccc([N+](=O)[O-])c(NC2CC3CCCC(C2)N3C)n1. The summed E-state index contributed by atoms with van der Waals surface area (Å²) in [6.45, 7) is 1.86. The Balaban J connectivity index is 1.78. The zero-order valence-corrected chi connectivity index (χ0v) is 12.6. The Morgan fingerprint density at radius 3 is 2.62 bits per heavy atom. The van der Waals surface area contributed by atoms with E-state index in [1.54, 1.807) is 12.1 Å². The third-order valence-electron chi connectivity index (χ3n) is 4.89. The fourth-order valence-corrected chi connectivity index (χ4v) is 3.73. The van der Waals surface area contributed by atoms with Crippen LogP contribution in [0.2, 0.25) is 0 Å². The zero-order valence-electron chi connectivity index (χ0n) is 12.6. The summed E-state index contributed by atoms with van der Waals surface area (Å²) in [6, 6.07) is 4.70. The summed E-state index contributed by atoms with van der Waals surface area (Å²) in [6.07, 6.45) is 5.85. The van der Waals surface area contributed by atoms with Gasteiger partial charge in [-0.1, -0.05) is 6.42 Å². The van der Waals surface area contributed by atoms with Crippen molar-refractivity contribution in [2.75, 3.05) is 12.4 Å². The van der Waals surface area contributed by atoms with Crippen LogP contribution in [0.25, 0.3) is 0 Å². The second-order valence-electron chi connectivity index (χ2n) is 6.29. The molecule has 1 aromatic heterocycles. The molecule has 2 saturated heterocycles. The van der Waals surface area contributed by atoms with Crippen LogP contribution in [0.4, 0.5) is 11.5 Å². The van der Waals surface area contributed by atoms with E-state index in [0.29, 0.717) is 17.9 Å². The van der Waals surface area contributed by atoms with Gasteiger partial charge in [0.1, 0.15) is 0 Å². The Bertz CT molecular complexity index is 534. The molecular weight excluding hydrogens is 268 g/mol. The van der Waals surface area contributed by atoms with Gasteiger partial charge in [-0.15, -0.1) is 0 Å². The van der Waals surface area contributed by atoms with Crippen LogP contribution in [0.3, 0.4) is 0 Å². The van der Waals surface area contributed by atoms with Crippen molar-refractivity contribution >= 4 is 11.5 Å². The molecule has 21 heavy (non-hydrogen) atoms. The molecule has 0 aliphatic carbocycles. The molecule has 2 bridgehead atoms. The summed E-state index contributed by atoms with van der Waals surface area (Å²) in [5.41, 5.74) is 0.876. The predicted octanol–water partition coefficient (Wildman–Crippen LogP) is 2.73. The van der Waals surface area contributed by atoms with Crippen LogP contribution in [-0.4, -0.2) is 40.0 Å². The molecule has 2 atom stereocenters. The smallest absolute Gasteiger partial charge is 0.311 e. The Morgan fingerprint density at radius 1 is 1.33 bits per heavy atom. The standard InChI is InChI=1S/C15H22N4O2/c1-10-6-7-14(19(20)21)15(16-10)17-11-8-12-4-3-5-13(9-11)18(12)2/h6-7,11-13H,3-5,8-9H2,1-2H3,(H,16,17). The van der Waals surface area contributed by atoms with E-state index in [1.165, 1.54) is 19.3 Å². The quantitative estimate of drug-likeness (QED) is 0.684. The maximum Gasteiger partial charge on any atom is 0.311 e. The molecule has 0 saturated carbocycles. The van der Waals surface area contributed by atoms with Gasteiger partial charge in [-0.25, -0.2) is 4.98 Å². The van der Waals surface area contributed by atoms with Gasteiger partial charge in [0.05, 0.1) is 4.92 Å². The van der Waals surface area contributed by atoms with Gasteiger partial charge in [0, 0.05) is 29.9 Å². The number of anilines is 1. The molecule has 2 aliphatic rings. The van der Waals surface area contributed by atoms with E-state index in [9.17, 15) is 10.1 Å². The van der Waals surface area contributed by atoms with Crippen molar-refractivity contribution < 1.29 is 4.92 Å². The third kappa shape index (κ3) is 2.85. The minimum Gasteiger partial charge on any atom is -0.361 e. The van der Waals surface area contributed by atoms with Crippen molar-refractivity contribution in [1.29, 1.82) is 0 Å². The van der Waals surface area contributed by atoms with Crippen LogP contribution in [0.15, 0.2) is 12.1 Å². The molecule has 0 aromatic carbocycles. The summed E-state index contributed by atoms with van der Waals surface area (Å²) < 4.78 is 0. The van der Waals surface area contributed by atoms with Crippen molar-refractivity contribution in [2.45, 2.75) is 57.2 Å². The van der Waals surface area contributed by atoms with E-state index >= 15 is 0 Å². The lowest BCUT2D eigenvalue weighted by Crippen LogP contribution is -2.52. The van der Waals surface area contributed by atoms with Crippen molar-refractivity contribution in [3.05, 3.63) is 27.9 Å². The van der Waals surface area contributed by atoms with E-state index in [0.717, 1.165) is 18.5 Å². The molecule has 1 aromatic rings. The molecule has 6 heteroatoms. The second-order valence-corrected chi connectivity index (χ2v) is 6.29. The summed E-state index contributed by atoms with van der Waals surface area (Å²) in [4.78, 5) is 17.6. The summed E-state index contributed by atoms with van der Waals surface area (Å²) >= 11 is 0. The number of rotatable bonds is 3. The van der Waals surface area contributed by atoms with Crippen LogP contribution in [0.1, 0.15) is 37.8 Å². The number of pyridine rings is 1. The molecule has 3 rings (SSSR count). The highest BCUT2D eigenvalue weighted by Gasteiger charge is 2.36. The van der Waals surface area contributed by atoms with E-state index < -0.39 is 0 Å². The number of nitrogens with one attached hydrogen (secondary N) is 1. The molecule has 0 radical (unpaired) electrons. The maximum atomic E-state index is 11.1. The first-order valence-electron chi connectivity index (χ1n) is 7.65. The minimum atomic E-state index is -0.357. The number of piperidine rings is 2. The number of aryl methyl sites for hydroxylation is 1. The highest BCUT2D eigenvalue weighted by atomic mass is 16.6. The first-order chi connectivity index (χ1) is 10.0. The Morgan fingerprint density at radius 2 is 2.00 bits per heavy atom. The van der Waals surface area contributed by atoms with Crippen molar-refractivity contribution in [1.82, 2.24) is 9.88 Å². The van der Waals surface area contributed by atoms with Gasteiger partial charge in [0.15, 0.2) is 0 Å². The van der Waals surface area contributed by atoms with Gasteiger partial charge in [0.2, 0.25) is 5.82 Å². The number of nitrogens with zero attached hydrogens (tertiary/aromatic N) is 3. The second kappa shape index (κ2) is 5.60. The number of fused-ring (bicyclic) bond motifs is 2. The molecule has 0 amide bonds. The first-order valence-corrected chi connectivity index (χ1v) is 7.65. The van der Waals surface area contributed by atoms with Crippen LogP contribution in [0.5, 0.6) is 0 Å². The van der Waals surface area contributed by atoms with Crippen LogP contribution < -0.4 is 5.32 Å². The molecule has 2 unspecified atom stereocenters. The Labute approximate surface area is 124 Å². The van der Waals surface area contributed by atoms with Crippen LogP contribution in [0, 0.1) is 17.0 Å². The fraction of sp³-hybridized carbons (Fsp3) is 0.667. The predicted molar refractivity (Wildman–Crippen MR) is 81.5 cm³/mol. The molecular formula is C15H22N4O2. The largest absolute Gasteiger partial charge is 0.361 e. The molecule has 2 aliphatic heterocycles. The highest BCUT2D eigenvalue weighted by Crippen LogP contribution is 2.34. The molecule has 1 N–H and O–H groups in total. The van der Waals surface area contributed by atoms with Crippen molar-refractivity contribution in [3.63, 3.8) is 0 Å². The Kier molecular flexibility index (Phi) is 3.80. The topological polar surface area (TPSA) is 71.3 Å². The van der Waals surface area contributed by atoms with E-state index in [4.69, 9.17) is 0 Å². The summed E-state index contributed by atoms with van der Waals surface area (Å²) in [5, 5.41) is 14.5. The molecule has 0 spiro atoms. The normalized spacial score (nSPS) is 29.1. The first kappa shape index (κ1) is 14.3. The van der Waals surface area contributed by atoms with Gasteiger partial charge >= 0.3 is 5.69 Å². The van der Waals surface area contributed by atoms with Gasteiger partial charge in [-0.3, -0.25) is 10.1 Å². The van der Waals surface area contributed by atoms with Crippen molar-refractivity contribution in [3.8, 4) is 0 Å². The molecule has 2 fully saturated rings. The number of nitro groups is 1. The summed E-state index contributed by atoms with van der Waals surface area (Å²) in [5.74, 6) is 0.424. The third-order valence-corrected chi connectivity index (χ3v) is 4.89. The van der Waals surface area contributed by atoms with E-state index in [1.807, 2.05) is 6.92 Å². The molecule has 6 nitrogen and oxygen atoms in total. The van der Waals surface area contributed by atoms with Crippen molar-refractivity contribution in [2.24, 2.45) is 0 Å². The Hall–Kier alpha value is -1.69. The van der Waals surface area contributed by atoms with Crippen LogP contribution >= 0.6 is 0 Å². The van der Waals surface area contributed by atoms with Crippen LogP contribution in [-0.2, 0) is 0 Å². The lowest BCUT2D eigenvalue weighted by atomic mass is 9.82. The zero-order chi connectivity index (χ0) is 15.0. The summed E-state index contributed by atoms with van der Waals surface area (Å²) in [7, 11) is 2.21. The minimum absolute atomic E-state index is 0.0738. The number of hydrogen-bond donors (Lipinski definition) is 1. The molecule has 3 heterocycles. The van der Waals surface area contributed by atoms with Gasteiger partial charge in [-0.05, 0) is 45.7 Å². The fourth-order valence-electron chi connectivity index (χ4n) is 3.73. The van der Waals surface area contributed by atoms with E-state index in [-0.39, 0.29) is 16.7 Å². The van der Waals surface area contributed by atoms with E-state index in [2.05, 4.69) is 22.2 Å². The molecule has 114 valence electrons.